The first-order valence-corrected chi connectivity index (χ1v) is 6.72. The number of amides is 1. The van der Waals surface area contributed by atoms with E-state index in [1.165, 1.54) is 0 Å². The van der Waals surface area contributed by atoms with Gasteiger partial charge in [-0.2, -0.15) is 5.10 Å². The first-order valence-electron chi connectivity index (χ1n) is 6.72. The molecule has 0 atom stereocenters. The molecular weight excluding hydrogens is 268 g/mol. The van der Waals surface area contributed by atoms with E-state index in [1.807, 2.05) is 46.9 Å². The van der Waals surface area contributed by atoms with Crippen LogP contribution < -0.4 is 5.32 Å². The van der Waals surface area contributed by atoms with Gasteiger partial charge in [-0.3, -0.25) is 15.0 Å². The Morgan fingerprint density at radius 3 is 2.52 bits per heavy atom. The van der Waals surface area contributed by atoms with Crippen molar-refractivity contribution in [3.8, 4) is 11.4 Å². The van der Waals surface area contributed by atoms with Gasteiger partial charge in [0.05, 0.1) is 29.0 Å². The lowest BCUT2D eigenvalue weighted by molar-refractivity contribution is 0.0636. The van der Waals surface area contributed by atoms with Crippen LogP contribution in [0.4, 0.5) is 10.5 Å². The van der Waals surface area contributed by atoms with Crippen LogP contribution in [0.1, 0.15) is 26.5 Å². The molecule has 0 spiro atoms. The van der Waals surface area contributed by atoms with Crippen molar-refractivity contribution in [3.63, 3.8) is 0 Å². The van der Waals surface area contributed by atoms with Crippen molar-refractivity contribution in [2.24, 2.45) is 7.05 Å². The van der Waals surface area contributed by atoms with Crippen LogP contribution in [0.5, 0.6) is 0 Å². The number of rotatable bonds is 2. The number of carbonyl (C=O) groups is 1. The molecule has 2 aromatic rings. The van der Waals surface area contributed by atoms with Crippen molar-refractivity contribution >= 4 is 11.8 Å². The molecule has 0 radical (unpaired) electrons. The molecule has 0 bridgehead atoms. The largest absolute Gasteiger partial charge is 0.444 e. The summed E-state index contributed by atoms with van der Waals surface area (Å²) in [7, 11) is 1.87. The summed E-state index contributed by atoms with van der Waals surface area (Å²) in [6.45, 7) is 7.39. The van der Waals surface area contributed by atoms with Crippen molar-refractivity contribution in [1.82, 2.24) is 14.8 Å². The predicted octanol–water partition coefficient (Wildman–Crippen LogP) is 3.14. The number of nitrogens with one attached hydrogen (secondary N) is 1. The summed E-state index contributed by atoms with van der Waals surface area (Å²) < 4.78 is 6.96. The number of aromatic nitrogens is 3. The van der Waals surface area contributed by atoms with Crippen molar-refractivity contribution in [2.45, 2.75) is 33.3 Å². The molecule has 0 saturated carbocycles. The second-order valence-electron chi connectivity index (χ2n) is 5.85. The summed E-state index contributed by atoms with van der Waals surface area (Å²) in [6, 6.07) is 5.58. The minimum Gasteiger partial charge on any atom is -0.444 e. The van der Waals surface area contributed by atoms with E-state index in [4.69, 9.17) is 4.74 Å². The van der Waals surface area contributed by atoms with Crippen LogP contribution in [-0.4, -0.2) is 26.5 Å². The normalized spacial score (nSPS) is 11.3. The summed E-state index contributed by atoms with van der Waals surface area (Å²) in [5.74, 6) is 0. The Bertz CT molecular complexity index is 639. The van der Waals surface area contributed by atoms with Crippen molar-refractivity contribution in [3.05, 3.63) is 30.1 Å². The molecule has 0 fully saturated rings. The molecule has 0 aliphatic carbocycles. The first kappa shape index (κ1) is 15.0. The number of aryl methyl sites for hydroxylation is 2. The zero-order valence-electron chi connectivity index (χ0n) is 13.0. The number of anilines is 1. The number of ether oxygens (including phenoxy) is 1. The van der Waals surface area contributed by atoms with Crippen molar-refractivity contribution in [1.29, 1.82) is 0 Å². The SMILES string of the molecule is Cc1cc(-c2ccc(NC(=O)OC(C)(C)C)cn2)n(C)n1. The average Bonchev–Trinajstić information content (AvgIpc) is 2.67. The Balaban J connectivity index is 2.09. The summed E-state index contributed by atoms with van der Waals surface area (Å²) in [5.41, 5.74) is 2.73. The van der Waals surface area contributed by atoms with Crippen LogP contribution in [0.2, 0.25) is 0 Å². The highest BCUT2D eigenvalue weighted by molar-refractivity contribution is 5.84. The quantitative estimate of drug-likeness (QED) is 0.921. The maximum Gasteiger partial charge on any atom is 0.412 e. The monoisotopic (exact) mass is 288 g/mol. The molecule has 0 aliphatic rings. The lowest BCUT2D eigenvalue weighted by Crippen LogP contribution is -2.27. The fraction of sp³-hybridized carbons (Fsp3) is 0.400. The van der Waals surface area contributed by atoms with E-state index in [0.717, 1.165) is 17.1 Å². The van der Waals surface area contributed by atoms with Crippen LogP contribution in [0, 0.1) is 6.92 Å². The van der Waals surface area contributed by atoms with Gasteiger partial charge in [0.25, 0.3) is 0 Å². The van der Waals surface area contributed by atoms with Crippen LogP contribution in [0.25, 0.3) is 11.4 Å². The molecule has 2 aromatic heterocycles. The van der Waals surface area contributed by atoms with Gasteiger partial charge in [-0.05, 0) is 45.9 Å². The minimum absolute atomic E-state index is 0.492. The minimum atomic E-state index is -0.524. The van der Waals surface area contributed by atoms with Gasteiger partial charge in [-0.15, -0.1) is 0 Å². The highest BCUT2D eigenvalue weighted by Crippen LogP contribution is 2.19. The van der Waals surface area contributed by atoms with E-state index in [0.29, 0.717) is 5.69 Å². The molecule has 6 heteroatoms. The molecule has 2 rings (SSSR count). The third kappa shape index (κ3) is 4.05. The summed E-state index contributed by atoms with van der Waals surface area (Å²) in [6.07, 6.45) is 1.11. The molecule has 21 heavy (non-hydrogen) atoms. The summed E-state index contributed by atoms with van der Waals surface area (Å²) >= 11 is 0. The molecule has 0 aliphatic heterocycles. The molecule has 1 N–H and O–H groups in total. The molecule has 0 unspecified atom stereocenters. The van der Waals surface area contributed by atoms with Crippen LogP contribution in [0.15, 0.2) is 24.4 Å². The fourth-order valence-corrected chi connectivity index (χ4v) is 1.89. The van der Waals surface area contributed by atoms with Crippen LogP contribution >= 0.6 is 0 Å². The van der Waals surface area contributed by atoms with Gasteiger partial charge in [0.1, 0.15) is 5.60 Å². The van der Waals surface area contributed by atoms with Gasteiger partial charge in [-0.25, -0.2) is 4.79 Å². The second-order valence-corrected chi connectivity index (χ2v) is 5.85. The molecule has 1 amide bonds. The van der Waals surface area contributed by atoms with Crippen LogP contribution in [-0.2, 0) is 11.8 Å². The summed E-state index contributed by atoms with van der Waals surface area (Å²) in [5, 5.41) is 6.94. The fourth-order valence-electron chi connectivity index (χ4n) is 1.89. The lowest BCUT2D eigenvalue weighted by Gasteiger charge is -2.19. The van der Waals surface area contributed by atoms with E-state index in [1.54, 1.807) is 16.9 Å². The van der Waals surface area contributed by atoms with Gasteiger partial charge < -0.3 is 4.74 Å². The smallest absolute Gasteiger partial charge is 0.412 e. The maximum absolute atomic E-state index is 11.7. The van der Waals surface area contributed by atoms with E-state index in [-0.39, 0.29) is 0 Å². The average molecular weight is 288 g/mol. The standard InChI is InChI=1S/C15H20N4O2/c1-10-8-13(19(5)18-10)12-7-6-11(9-16-12)17-14(20)21-15(2,3)4/h6-9H,1-5H3,(H,17,20). The third-order valence-electron chi connectivity index (χ3n) is 2.67. The van der Waals surface area contributed by atoms with Crippen molar-refractivity contribution in [2.75, 3.05) is 5.32 Å². The summed E-state index contributed by atoms with van der Waals surface area (Å²) in [4.78, 5) is 16.0. The second kappa shape index (κ2) is 5.55. The van der Waals surface area contributed by atoms with Gasteiger partial charge in [0, 0.05) is 7.05 Å². The Labute approximate surface area is 124 Å². The molecular formula is C15H20N4O2. The molecule has 6 nitrogen and oxygen atoms in total. The zero-order valence-corrected chi connectivity index (χ0v) is 13.0. The van der Waals surface area contributed by atoms with E-state index >= 15 is 0 Å². The third-order valence-corrected chi connectivity index (χ3v) is 2.67. The molecule has 0 saturated heterocycles. The zero-order chi connectivity index (χ0) is 15.6. The number of pyridine rings is 1. The number of hydrogen-bond acceptors (Lipinski definition) is 4. The Morgan fingerprint density at radius 2 is 2.05 bits per heavy atom. The Kier molecular flexibility index (Phi) is 3.97. The van der Waals surface area contributed by atoms with Gasteiger partial charge >= 0.3 is 6.09 Å². The van der Waals surface area contributed by atoms with E-state index < -0.39 is 11.7 Å². The number of carbonyl (C=O) groups excluding carboxylic acids is 1. The molecule has 112 valence electrons. The topological polar surface area (TPSA) is 69.0 Å². The molecule has 0 aromatic carbocycles. The van der Waals surface area contributed by atoms with E-state index in [2.05, 4.69) is 15.4 Å². The predicted molar refractivity (Wildman–Crippen MR) is 81.0 cm³/mol. The molecule has 2 heterocycles. The Hall–Kier alpha value is -2.37. The highest BCUT2D eigenvalue weighted by Gasteiger charge is 2.16. The van der Waals surface area contributed by atoms with Gasteiger partial charge in [-0.1, -0.05) is 0 Å². The van der Waals surface area contributed by atoms with Gasteiger partial charge in [0.2, 0.25) is 0 Å². The van der Waals surface area contributed by atoms with Gasteiger partial charge in [0.15, 0.2) is 0 Å². The van der Waals surface area contributed by atoms with Crippen LogP contribution in [0.3, 0.4) is 0 Å². The number of nitrogens with zero attached hydrogens (tertiary/aromatic N) is 3. The lowest BCUT2D eigenvalue weighted by atomic mass is 10.2. The van der Waals surface area contributed by atoms with E-state index in [9.17, 15) is 4.79 Å². The Morgan fingerprint density at radius 1 is 1.33 bits per heavy atom. The maximum atomic E-state index is 11.7. The highest BCUT2D eigenvalue weighted by atomic mass is 16.6. The first-order chi connectivity index (χ1) is 9.74. The number of hydrogen-bond donors (Lipinski definition) is 1. The van der Waals surface area contributed by atoms with Crippen molar-refractivity contribution < 1.29 is 9.53 Å².